The third kappa shape index (κ3) is 58.0. The van der Waals surface area contributed by atoms with Crippen molar-refractivity contribution in [3.05, 3.63) is 85.1 Å². The number of nitrogens with zero attached hydrogens (tertiary/aromatic N) is 1. The molecule has 75 heavy (non-hydrogen) atoms. The van der Waals surface area contributed by atoms with E-state index in [1.54, 1.807) is 0 Å². The van der Waals surface area contributed by atoms with Gasteiger partial charge in [-0.25, -0.2) is 0 Å². The highest BCUT2D eigenvalue weighted by Crippen LogP contribution is 2.16. The molecule has 2 atom stereocenters. The topological polar surface area (TPSA) is 111 Å². The highest BCUT2D eigenvalue weighted by Gasteiger charge is 2.22. The molecule has 0 amide bonds. The van der Waals surface area contributed by atoms with Crippen molar-refractivity contribution in [1.82, 2.24) is 0 Å². The molecule has 9 heteroatoms. The zero-order valence-corrected chi connectivity index (χ0v) is 49.1. The molecule has 0 heterocycles. The first-order valence-electron chi connectivity index (χ1n) is 30.7. The predicted molar refractivity (Wildman–Crippen MR) is 315 cm³/mol. The van der Waals surface area contributed by atoms with Crippen molar-refractivity contribution in [2.45, 2.75) is 270 Å². The first-order valence-corrected chi connectivity index (χ1v) is 30.7. The lowest BCUT2D eigenvalue weighted by Crippen LogP contribution is -2.44. The molecule has 0 aliphatic carbocycles. The van der Waals surface area contributed by atoms with E-state index < -0.39 is 24.3 Å². The fourth-order valence-corrected chi connectivity index (χ4v) is 8.42. The van der Waals surface area contributed by atoms with Crippen molar-refractivity contribution in [1.29, 1.82) is 0 Å². The van der Waals surface area contributed by atoms with Crippen LogP contribution in [0.15, 0.2) is 85.1 Å². The molecular weight excluding hydrogens is 935 g/mol. The second kappa shape index (κ2) is 56.7. The van der Waals surface area contributed by atoms with E-state index in [1.807, 2.05) is 21.1 Å². The number of unbranched alkanes of at least 4 members (excludes halogenated alkanes) is 27. The maximum atomic E-state index is 12.9. The number of carboxylic acids is 1. The molecule has 0 aromatic rings. The van der Waals surface area contributed by atoms with E-state index in [-0.39, 0.29) is 38.6 Å². The lowest BCUT2D eigenvalue weighted by Gasteiger charge is -2.26. The molecule has 0 rings (SSSR count). The molecular formula is C66H115NO8. The molecule has 0 aliphatic rings. The van der Waals surface area contributed by atoms with Gasteiger partial charge in [0.2, 0.25) is 0 Å². The number of esters is 2. The first kappa shape index (κ1) is 71.5. The monoisotopic (exact) mass is 1050 g/mol. The van der Waals surface area contributed by atoms with Crippen LogP contribution in [0.3, 0.4) is 0 Å². The molecule has 0 fully saturated rings. The van der Waals surface area contributed by atoms with Crippen LogP contribution in [0.5, 0.6) is 0 Å². The smallest absolute Gasteiger partial charge is 0.306 e. The summed E-state index contributed by atoms with van der Waals surface area (Å²) in [5, 5.41) is 11.8. The Morgan fingerprint density at radius 1 is 0.413 bits per heavy atom. The van der Waals surface area contributed by atoms with Crippen molar-refractivity contribution in [2.75, 3.05) is 47.5 Å². The van der Waals surface area contributed by atoms with Crippen molar-refractivity contribution in [2.24, 2.45) is 0 Å². The lowest BCUT2D eigenvalue weighted by molar-refractivity contribution is -0.870. The molecule has 0 aromatic heterocycles. The van der Waals surface area contributed by atoms with Gasteiger partial charge < -0.3 is 33.3 Å². The first-order chi connectivity index (χ1) is 36.6. The number of hydrogen-bond donors (Lipinski definition) is 0. The van der Waals surface area contributed by atoms with Crippen molar-refractivity contribution >= 4 is 17.9 Å². The Morgan fingerprint density at radius 3 is 1.15 bits per heavy atom. The van der Waals surface area contributed by atoms with Gasteiger partial charge in [-0.3, -0.25) is 9.59 Å². The zero-order valence-electron chi connectivity index (χ0n) is 49.1. The third-order valence-corrected chi connectivity index (χ3v) is 13.1. The second-order valence-corrected chi connectivity index (χ2v) is 21.6. The van der Waals surface area contributed by atoms with Crippen LogP contribution in [0.25, 0.3) is 0 Å². The molecule has 0 aliphatic heterocycles. The summed E-state index contributed by atoms with van der Waals surface area (Å²) in [6.45, 7) is 4.63. The molecule has 0 radical (unpaired) electrons. The summed E-state index contributed by atoms with van der Waals surface area (Å²) in [4.78, 5) is 37.3. The van der Waals surface area contributed by atoms with Crippen LogP contribution < -0.4 is 5.11 Å². The van der Waals surface area contributed by atoms with Crippen LogP contribution in [-0.2, 0) is 33.3 Å². The van der Waals surface area contributed by atoms with Gasteiger partial charge in [-0.2, -0.15) is 0 Å². The Labute approximate surface area is 461 Å². The Balaban J connectivity index is 4.10. The quantitative estimate of drug-likeness (QED) is 0.0195. The number of ether oxygens (including phenoxy) is 4. The van der Waals surface area contributed by atoms with Crippen LogP contribution in [-0.4, -0.2) is 82.3 Å². The van der Waals surface area contributed by atoms with Crippen molar-refractivity contribution < 1.29 is 42.9 Å². The number of rotatable bonds is 56. The summed E-state index contributed by atoms with van der Waals surface area (Å²) in [5.74, 6) is -2.29. The summed E-state index contributed by atoms with van der Waals surface area (Å²) in [6.07, 6.45) is 72.2. The molecule has 0 aromatic carbocycles. The molecule has 2 unspecified atom stereocenters. The minimum Gasteiger partial charge on any atom is -0.545 e. The maximum absolute atomic E-state index is 12.9. The predicted octanol–water partition coefficient (Wildman–Crippen LogP) is 17.0. The number of hydrogen-bond acceptors (Lipinski definition) is 8. The number of carbonyl (C=O) groups excluding carboxylic acids is 3. The number of aliphatic carboxylic acids is 1. The Morgan fingerprint density at radius 2 is 0.760 bits per heavy atom. The average Bonchev–Trinajstić information content (AvgIpc) is 3.38. The fourth-order valence-electron chi connectivity index (χ4n) is 8.42. The molecule has 0 saturated carbocycles. The Kier molecular flexibility index (Phi) is 54.0. The summed E-state index contributed by atoms with van der Waals surface area (Å²) in [6, 6.07) is 0. The third-order valence-electron chi connectivity index (χ3n) is 13.1. The molecule has 432 valence electrons. The van der Waals surface area contributed by atoms with E-state index in [2.05, 4.69) is 98.9 Å². The van der Waals surface area contributed by atoms with Crippen molar-refractivity contribution in [3.8, 4) is 0 Å². The van der Waals surface area contributed by atoms with Gasteiger partial charge in [0, 0.05) is 12.8 Å². The van der Waals surface area contributed by atoms with E-state index in [1.165, 1.54) is 128 Å². The van der Waals surface area contributed by atoms with Gasteiger partial charge in [-0.05, 0) is 89.9 Å². The van der Waals surface area contributed by atoms with E-state index in [4.69, 9.17) is 18.9 Å². The molecule has 0 spiro atoms. The number of allylic oxidation sites excluding steroid dienone is 14. The average molecular weight is 1050 g/mol. The highest BCUT2D eigenvalue weighted by molar-refractivity contribution is 5.70. The highest BCUT2D eigenvalue weighted by atomic mass is 16.7. The normalized spacial score (nSPS) is 13.3. The minimum absolute atomic E-state index is 0.145. The van der Waals surface area contributed by atoms with Crippen LogP contribution >= 0.6 is 0 Å². The van der Waals surface area contributed by atoms with Crippen LogP contribution in [0.4, 0.5) is 0 Å². The van der Waals surface area contributed by atoms with Gasteiger partial charge in [-0.1, -0.05) is 240 Å². The summed E-state index contributed by atoms with van der Waals surface area (Å²) < 4.78 is 22.7. The molecule has 0 saturated heterocycles. The van der Waals surface area contributed by atoms with E-state index >= 15 is 0 Å². The van der Waals surface area contributed by atoms with Gasteiger partial charge in [0.05, 0.1) is 40.3 Å². The fraction of sp³-hybridized carbons (Fsp3) is 0.742. The van der Waals surface area contributed by atoms with E-state index in [0.717, 1.165) is 96.3 Å². The second-order valence-electron chi connectivity index (χ2n) is 21.6. The number of quaternary nitrogens is 1. The molecule has 0 N–H and O–H groups in total. The number of carboxylic acid groups (broad SMARTS) is 1. The SMILES string of the molecule is CC/C=C\C/C=C\C/C=C\C/C=C\C/C=C\C/C=C\CCCCCCCCCCCCCCCCCCC(=O)OC(COC(=O)CCCCCCC/C=C\CCCCCCCC)COC(OCC[N+](C)(C)C)C(=O)[O-]. The van der Waals surface area contributed by atoms with E-state index in [9.17, 15) is 19.5 Å². The summed E-state index contributed by atoms with van der Waals surface area (Å²) >= 11 is 0. The van der Waals surface area contributed by atoms with Gasteiger partial charge in [0.25, 0.3) is 0 Å². The lowest BCUT2D eigenvalue weighted by atomic mass is 10.0. The standard InChI is InChI=1S/C66H115NO8/c1-6-8-10-12-14-16-18-20-22-23-24-25-26-27-28-29-30-31-32-33-34-35-36-37-38-39-40-41-43-45-47-49-51-53-55-57-64(69)75-62(61-74-66(65(70)71)72-59-58-67(3,4)5)60-73-63(68)56-54-52-50-48-46-44-42-21-19-17-15-13-11-9-7-2/h8,10,14,16,20-22,24-25,27-28,30-31,42,62,66H,6-7,9,11-13,15,17-19,23,26,29,32-41,43-61H2,1-5H3/b10-8-,16-14-,22-20-,25-24-,28-27-,31-30-,42-21-. The number of likely N-dealkylation sites (N-methyl/N-ethyl adjacent to an activating group) is 1. The van der Waals surface area contributed by atoms with Gasteiger partial charge in [0.1, 0.15) is 13.2 Å². The Bertz CT molecular complexity index is 1500. The van der Waals surface area contributed by atoms with Crippen LogP contribution in [0, 0.1) is 0 Å². The largest absolute Gasteiger partial charge is 0.545 e. The van der Waals surface area contributed by atoms with Crippen molar-refractivity contribution in [3.63, 3.8) is 0 Å². The summed E-state index contributed by atoms with van der Waals surface area (Å²) in [5.41, 5.74) is 0. The van der Waals surface area contributed by atoms with Crippen LogP contribution in [0.2, 0.25) is 0 Å². The minimum atomic E-state index is -1.62. The Hall–Kier alpha value is -3.53. The molecule has 9 nitrogen and oxygen atoms in total. The molecule has 0 bridgehead atoms. The maximum Gasteiger partial charge on any atom is 0.306 e. The van der Waals surface area contributed by atoms with Crippen LogP contribution in [0.1, 0.15) is 258 Å². The van der Waals surface area contributed by atoms with Gasteiger partial charge in [0.15, 0.2) is 12.4 Å². The van der Waals surface area contributed by atoms with Gasteiger partial charge >= 0.3 is 11.9 Å². The zero-order chi connectivity index (χ0) is 54.8. The van der Waals surface area contributed by atoms with Gasteiger partial charge in [-0.15, -0.1) is 0 Å². The van der Waals surface area contributed by atoms with E-state index in [0.29, 0.717) is 17.4 Å². The summed E-state index contributed by atoms with van der Waals surface area (Å²) in [7, 11) is 5.92. The number of carbonyl (C=O) groups is 3.